The fourth-order valence-corrected chi connectivity index (χ4v) is 2.17. The summed E-state index contributed by atoms with van der Waals surface area (Å²) >= 11 is 0. The van der Waals surface area contributed by atoms with Crippen molar-refractivity contribution in [3.05, 3.63) is 0 Å². The molecule has 0 radical (unpaired) electrons. The van der Waals surface area contributed by atoms with Gasteiger partial charge >= 0.3 is 6.09 Å². The van der Waals surface area contributed by atoms with Crippen LogP contribution in [0.1, 0.15) is 54.9 Å². The van der Waals surface area contributed by atoms with E-state index in [-0.39, 0.29) is 17.6 Å². The van der Waals surface area contributed by atoms with Crippen LogP contribution in [0.15, 0.2) is 0 Å². The molecule has 0 heterocycles. The average Bonchev–Trinajstić information content (AvgIpc) is 2.23. The van der Waals surface area contributed by atoms with Gasteiger partial charge in [0.1, 0.15) is 5.60 Å². The zero-order chi connectivity index (χ0) is 15.6. The van der Waals surface area contributed by atoms with Gasteiger partial charge in [0, 0.05) is 18.1 Å². The number of ether oxygens (including phenoxy) is 2. The second-order valence-corrected chi connectivity index (χ2v) is 7.60. The van der Waals surface area contributed by atoms with Crippen molar-refractivity contribution in [2.24, 2.45) is 11.3 Å². The van der Waals surface area contributed by atoms with E-state index in [0.717, 1.165) is 13.0 Å². The Morgan fingerprint density at radius 2 is 1.95 bits per heavy atom. The number of carbonyl (C=O) groups is 1. The molecular formula is C15H30N2O3. The number of hydrogen-bond acceptors (Lipinski definition) is 4. The van der Waals surface area contributed by atoms with Gasteiger partial charge in [-0.2, -0.15) is 0 Å². The Bertz CT molecular complexity index is 335. The number of carbonyl (C=O) groups excluding carboxylic acids is 1. The highest BCUT2D eigenvalue weighted by molar-refractivity contribution is 5.67. The summed E-state index contributed by atoms with van der Waals surface area (Å²) in [5.74, 6) is 0.540. The second kappa shape index (κ2) is 6.31. The van der Waals surface area contributed by atoms with Crippen molar-refractivity contribution in [3.63, 3.8) is 0 Å². The van der Waals surface area contributed by atoms with E-state index >= 15 is 0 Å². The summed E-state index contributed by atoms with van der Waals surface area (Å²) in [5.41, 5.74) is 5.18. The van der Waals surface area contributed by atoms with Crippen LogP contribution in [-0.2, 0) is 9.47 Å². The van der Waals surface area contributed by atoms with Crippen LogP contribution >= 0.6 is 0 Å². The molecule has 1 rings (SSSR count). The molecule has 118 valence electrons. The van der Waals surface area contributed by atoms with Gasteiger partial charge in [-0.05, 0) is 33.1 Å². The van der Waals surface area contributed by atoms with Crippen molar-refractivity contribution >= 4 is 6.09 Å². The number of nitrogens with one attached hydrogen (secondary N) is 2. The minimum absolute atomic E-state index is 0.00387. The fourth-order valence-electron chi connectivity index (χ4n) is 2.17. The van der Waals surface area contributed by atoms with Gasteiger partial charge in [-0.1, -0.05) is 27.7 Å². The quantitative estimate of drug-likeness (QED) is 0.763. The highest BCUT2D eigenvalue weighted by Crippen LogP contribution is 2.42. The molecule has 1 saturated carbocycles. The molecule has 1 aliphatic rings. The molecule has 0 aromatic carbocycles. The molecule has 5 heteroatoms. The lowest BCUT2D eigenvalue weighted by atomic mass is 9.65. The molecule has 1 aliphatic carbocycles. The van der Waals surface area contributed by atoms with E-state index in [1.807, 2.05) is 20.8 Å². The minimum atomic E-state index is -0.482. The van der Waals surface area contributed by atoms with Gasteiger partial charge in [0.2, 0.25) is 0 Å². The third-order valence-electron chi connectivity index (χ3n) is 3.56. The second-order valence-electron chi connectivity index (χ2n) is 7.60. The third kappa shape index (κ3) is 4.94. The predicted molar refractivity (Wildman–Crippen MR) is 79.3 cm³/mol. The summed E-state index contributed by atoms with van der Waals surface area (Å²) in [5, 5.41) is 0. The minimum Gasteiger partial charge on any atom is -0.443 e. The summed E-state index contributed by atoms with van der Waals surface area (Å²) < 4.78 is 11.1. The zero-order valence-corrected chi connectivity index (χ0v) is 13.9. The normalized spacial score (nSPS) is 25.2. The number of amides is 1. The van der Waals surface area contributed by atoms with Gasteiger partial charge in [0.05, 0.1) is 6.10 Å². The first-order valence-corrected chi connectivity index (χ1v) is 7.38. The van der Waals surface area contributed by atoms with Gasteiger partial charge in [-0.25, -0.2) is 10.2 Å². The SMILES string of the molecule is CC(C)COC1CC(NNC(=O)OC(C)(C)C)C1(C)C. The Hall–Kier alpha value is -0.810. The van der Waals surface area contributed by atoms with Crippen LogP contribution in [0.5, 0.6) is 0 Å². The molecule has 0 aromatic heterocycles. The van der Waals surface area contributed by atoms with Crippen LogP contribution in [0.3, 0.4) is 0 Å². The first kappa shape index (κ1) is 17.2. The van der Waals surface area contributed by atoms with Crippen LogP contribution in [0, 0.1) is 11.3 Å². The van der Waals surface area contributed by atoms with Crippen LogP contribution in [-0.4, -0.2) is 30.4 Å². The van der Waals surface area contributed by atoms with E-state index in [1.54, 1.807) is 0 Å². The Morgan fingerprint density at radius 1 is 1.35 bits per heavy atom. The molecule has 2 unspecified atom stereocenters. The van der Waals surface area contributed by atoms with Gasteiger partial charge < -0.3 is 9.47 Å². The standard InChI is InChI=1S/C15H30N2O3/c1-10(2)9-19-12-8-11(15(12,6)7)16-17-13(18)20-14(3,4)5/h10-12,16H,8-9H2,1-7H3,(H,17,18). The lowest BCUT2D eigenvalue weighted by Gasteiger charge is -2.51. The average molecular weight is 286 g/mol. The van der Waals surface area contributed by atoms with E-state index in [9.17, 15) is 4.79 Å². The summed E-state index contributed by atoms with van der Waals surface area (Å²) in [6.45, 7) is 14.9. The predicted octanol–water partition coefficient (Wildman–Crippen LogP) is 2.86. The van der Waals surface area contributed by atoms with Crippen molar-refractivity contribution in [3.8, 4) is 0 Å². The smallest absolute Gasteiger partial charge is 0.422 e. The zero-order valence-electron chi connectivity index (χ0n) is 13.9. The molecule has 2 N–H and O–H groups in total. The Morgan fingerprint density at radius 3 is 2.40 bits per heavy atom. The topological polar surface area (TPSA) is 59.6 Å². The highest BCUT2D eigenvalue weighted by Gasteiger charge is 2.49. The molecule has 20 heavy (non-hydrogen) atoms. The van der Waals surface area contributed by atoms with Crippen LogP contribution in [0.4, 0.5) is 4.79 Å². The summed E-state index contributed by atoms with van der Waals surface area (Å²) in [6.07, 6.45) is 0.692. The Kier molecular flexibility index (Phi) is 5.44. The van der Waals surface area contributed by atoms with Gasteiger partial charge in [0.15, 0.2) is 0 Å². The van der Waals surface area contributed by atoms with Crippen molar-refractivity contribution in [2.45, 2.75) is 72.6 Å². The van der Waals surface area contributed by atoms with Crippen LogP contribution in [0.2, 0.25) is 0 Å². The first-order valence-electron chi connectivity index (χ1n) is 7.38. The van der Waals surface area contributed by atoms with Gasteiger partial charge in [-0.3, -0.25) is 5.43 Å². The molecular weight excluding hydrogens is 256 g/mol. The number of rotatable bonds is 5. The molecule has 0 aliphatic heterocycles. The monoisotopic (exact) mass is 286 g/mol. The molecule has 2 atom stereocenters. The van der Waals surface area contributed by atoms with E-state index < -0.39 is 11.7 Å². The molecule has 0 aromatic rings. The van der Waals surface area contributed by atoms with Gasteiger partial charge in [-0.15, -0.1) is 0 Å². The maximum absolute atomic E-state index is 11.6. The highest BCUT2D eigenvalue weighted by atomic mass is 16.6. The van der Waals surface area contributed by atoms with Crippen molar-refractivity contribution in [1.29, 1.82) is 0 Å². The Balaban J connectivity index is 2.32. The molecule has 0 spiro atoms. The summed E-state index contributed by atoms with van der Waals surface area (Å²) in [6, 6.07) is 0.201. The molecule has 0 saturated heterocycles. The molecule has 5 nitrogen and oxygen atoms in total. The van der Waals surface area contributed by atoms with Crippen molar-refractivity contribution in [1.82, 2.24) is 10.9 Å². The molecule has 1 fully saturated rings. The first-order chi connectivity index (χ1) is 9.02. The van der Waals surface area contributed by atoms with E-state index in [0.29, 0.717) is 5.92 Å². The summed E-state index contributed by atoms with van der Waals surface area (Å²) in [4.78, 5) is 11.6. The van der Waals surface area contributed by atoms with Gasteiger partial charge in [0.25, 0.3) is 0 Å². The molecule has 0 bridgehead atoms. The van der Waals surface area contributed by atoms with Crippen LogP contribution < -0.4 is 10.9 Å². The largest absolute Gasteiger partial charge is 0.443 e. The number of hydrogen-bond donors (Lipinski definition) is 2. The van der Waals surface area contributed by atoms with E-state index in [2.05, 4.69) is 38.5 Å². The maximum Gasteiger partial charge on any atom is 0.422 e. The number of hydrazine groups is 1. The van der Waals surface area contributed by atoms with Crippen molar-refractivity contribution in [2.75, 3.05) is 6.61 Å². The molecule has 1 amide bonds. The lowest BCUT2D eigenvalue weighted by Crippen LogP contribution is -2.64. The van der Waals surface area contributed by atoms with E-state index in [1.165, 1.54) is 0 Å². The van der Waals surface area contributed by atoms with Crippen LogP contribution in [0.25, 0.3) is 0 Å². The summed E-state index contributed by atoms with van der Waals surface area (Å²) in [7, 11) is 0. The van der Waals surface area contributed by atoms with E-state index in [4.69, 9.17) is 9.47 Å². The Labute approximate surface area is 122 Å². The van der Waals surface area contributed by atoms with Crippen molar-refractivity contribution < 1.29 is 14.3 Å². The fraction of sp³-hybridized carbons (Fsp3) is 0.933. The lowest BCUT2D eigenvalue weighted by molar-refractivity contribution is -0.126. The third-order valence-corrected chi connectivity index (χ3v) is 3.56. The maximum atomic E-state index is 11.6.